The van der Waals surface area contributed by atoms with E-state index < -0.39 is 0 Å². The van der Waals surface area contributed by atoms with Crippen molar-refractivity contribution in [3.05, 3.63) is 58.9 Å². The highest BCUT2D eigenvalue weighted by molar-refractivity contribution is 6.34. The van der Waals surface area contributed by atoms with Gasteiger partial charge in [-0.05, 0) is 30.3 Å². The summed E-state index contributed by atoms with van der Waals surface area (Å²) in [6, 6.07) is 9.87. The van der Waals surface area contributed by atoms with E-state index in [0.717, 1.165) is 0 Å². The van der Waals surface area contributed by atoms with Crippen LogP contribution in [0.5, 0.6) is 0 Å². The molecule has 0 saturated carbocycles. The van der Waals surface area contributed by atoms with Crippen molar-refractivity contribution in [1.29, 1.82) is 5.26 Å². The van der Waals surface area contributed by atoms with Gasteiger partial charge >= 0.3 is 0 Å². The number of nitrogens with one attached hydrogen (secondary N) is 1. The van der Waals surface area contributed by atoms with Crippen molar-refractivity contribution in [1.82, 2.24) is 4.98 Å². The lowest BCUT2D eigenvalue weighted by molar-refractivity contribution is 0.102. The van der Waals surface area contributed by atoms with E-state index in [4.69, 9.17) is 16.9 Å². The van der Waals surface area contributed by atoms with Crippen LogP contribution in [0.15, 0.2) is 42.7 Å². The summed E-state index contributed by atoms with van der Waals surface area (Å²) in [4.78, 5) is 15.7. The zero-order valence-electron chi connectivity index (χ0n) is 9.22. The van der Waals surface area contributed by atoms with Gasteiger partial charge in [0.05, 0.1) is 22.3 Å². The Kier molecular flexibility index (Phi) is 3.56. The van der Waals surface area contributed by atoms with Crippen molar-refractivity contribution in [3.63, 3.8) is 0 Å². The molecule has 1 aromatic heterocycles. The van der Waals surface area contributed by atoms with Gasteiger partial charge in [0.1, 0.15) is 0 Å². The maximum Gasteiger partial charge on any atom is 0.255 e. The van der Waals surface area contributed by atoms with Crippen molar-refractivity contribution < 1.29 is 4.79 Å². The van der Waals surface area contributed by atoms with E-state index in [2.05, 4.69) is 10.3 Å². The van der Waals surface area contributed by atoms with Crippen LogP contribution in [0.25, 0.3) is 0 Å². The number of rotatable bonds is 2. The number of carbonyl (C=O) groups excluding carboxylic acids is 1. The minimum absolute atomic E-state index is 0.274. The topological polar surface area (TPSA) is 65.8 Å². The average molecular weight is 258 g/mol. The maximum atomic E-state index is 11.9. The molecular weight excluding hydrogens is 250 g/mol. The van der Waals surface area contributed by atoms with E-state index in [9.17, 15) is 4.79 Å². The number of aromatic nitrogens is 1. The lowest BCUT2D eigenvalue weighted by Crippen LogP contribution is -2.12. The number of benzene rings is 1. The largest absolute Gasteiger partial charge is 0.321 e. The van der Waals surface area contributed by atoms with Crippen LogP contribution in [-0.4, -0.2) is 10.9 Å². The van der Waals surface area contributed by atoms with Gasteiger partial charge in [0, 0.05) is 18.0 Å². The van der Waals surface area contributed by atoms with Crippen LogP contribution in [0.4, 0.5) is 5.69 Å². The highest BCUT2D eigenvalue weighted by atomic mass is 35.5. The number of anilines is 1. The van der Waals surface area contributed by atoms with Gasteiger partial charge in [-0.3, -0.25) is 9.78 Å². The summed E-state index contributed by atoms with van der Waals surface area (Å²) in [7, 11) is 0. The molecule has 0 aliphatic heterocycles. The van der Waals surface area contributed by atoms with Crippen molar-refractivity contribution >= 4 is 23.2 Å². The van der Waals surface area contributed by atoms with E-state index in [-0.39, 0.29) is 5.91 Å². The van der Waals surface area contributed by atoms with Gasteiger partial charge in [0.15, 0.2) is 0 Å². The first-order valence-corrected chi connectivity index (χ1v) is 5.49. The maximum absolute atomic E-state index is 11.9. The van der Waals surface area contributed by atoms with Crippen molar-refractivity contribution in [2.75, 3.05) is 5.32 Å². The quantitative estimate of drug-likeness (QED) is 0.900. The lowest BCUT2D eigenvalue weighted by atomic mass is 10.2. The highest BCUT2D eigenvalue weighted by Crippen LogP contribution is 2.23. The van der Waals surface area contributed by atoms with Crippen LogP contribution in [0.3, 0.4) is 0 Å². The second-order valence-electron chi connectivity index (χ2n) is 3.50. The zero-order chi connectivity index (χ0) is 13.0. The molecule has 1 N–H and O–H groups in total. The monoisotopic (exact) mass is 257 g/mol. The fourth-order valence-electron chi connectivity index (χ4n) is 1.38. The van der Waals surface area contributed by atoms with Gasteiger partial charge in [0.25, 0.3) is 5.91 Å². The molecule has 4 nitrogen and oxygen atoms in total. The Morgan fingerprint density at radius 2 is 2.00 bits per heavy atom. The first-order chi connectivity index (χ1) is 8.70. The van der Waals surface area contributed by atoms with Crippen LogP contribution in [-0.2, 0) is 0 Å². The summed E-state index contributed by atoms with van der Waals surface area (Å²) in [5, 5.41) is 11.7. The molecule has 2 rings (SSSR count). The van der Waals surface area contributed by atoms with E-state index in [1.807, 2.05) is 6.07 Å². The first-order valence-electron chi connectivity index (χ1n) is 5.12. The number of amides is 1. The molecule has 0 aliphatic carbocycles. The normalized spacial score (nSPS) is 9.56. The van der Waals surface area contributed by atoms with E-state index in [1.165, 1.54) is 18.5 Å². The molecule has 0 fully saturated rings. The predicted molar refractivity (Wildman–Crippen MR) is 68.4 cm³/mol. The SMILES string of the molecule is N#Cc1ccc(NC(=O)c2ccncc2)c(Cl)c1. The van der Waals surface area contributed by atoms with Crippen LogP contribution in [0, 0.1) is 11.3 Å². The third-order valence-corrected chi connectivity index (χ3v) is 2.60. The van der Waals surface area contributed by atoms with Crippen LogP contribution in [0.2, 0.25) is 5.02 Å². The van der Waals surface area contributed by atoms with Gasteiger partial charge < -0.3 is 5.32 Å². The van der Waals surface area contributed by atoms with Crippen molar-refractivity contribution in [3.8, 4) is 6.07 Å². The molecule has 0 atom stereocenters. The van der Waals surface area contributed by atoms with Crippen molar-refractivity contribution in [2.24, 2.45) is 0 Å². The zero-order valence-corrected chi connectivity index (χ0v) is 9.98. The van der Waals surface area contributed by atoms with Crippen LogP contribution < -0.4 is 5.32 Å². The Balaban J connectivity index is 2.20. The summed E-state index contributed by atoms with van der Waals surface area (Å²) in [5.41, 5.74) is 1.41. The Bertz CT molecular complexity index is 620. The minimum Gasteiger partial charge on any atom is -0.321 e. The fraction of sp³-hybridized carbons (Fsp3) is 0. The fourth-order valence-corrected chi connectivity index (χ4v) is 1.61. The number of nitriles is 1. The summed E-state index contributed by atoms with van der Waals surface area (Å²) in [5.74, 6) is -0.274. The van der Waals surface area contributed by atoms with Gasteiger partial charge in [-0.2, -0.15) is 5.26 Å². The van der Waals surface area contributed by atoms with E-state index in [1.54, 1.807) is 24.3 Å². The second kappa shape index (κ2) is 5.30. The standard InChI is InChI=1S/C13H8ClN3O/c14-11-7-9(8-15)1-2-12(11)17-13(18)10-3-5-16-6-4-10/h1-7H,(H,17,18). The summed E-state index contributed by atoms with van der Waals surface area (Å²) < 4.78 is 0. The molecule has 0 bridgehead atoms. The van der Waals surface area contributed by atoms with Crippen LogP contribution in [0.1, 0.15) is 15.9 Å². The molecule has 88 valence electrons. The average Bonchev–Trinajstić information content (AvgIpc) is 2.42. The van der Waals surface area contributed by atoms with Gasteiger partial charge in [-0.25, -0.2) is 0 Å². The number of nitrogens with zero attached hydrogens (tertiary/aromatic N) is 2. The number of halogens is 1. The molecule has 18 heavy (non-hydrogen) atoms. The van der Waals surface area contributed by atoms with Crippen LogP contribution >= 0.6 is 11.6 Å². The molecular formula is C13H8ClN3O. The Morgan fingerprint density at radius 3 is 2.61 bits per heavy atom. The summed E-state index contributed by atoms with van der Waals surface area (Å²) in [6.07, 6.45) is 3.07. The molecule has 1 amide bonds. The molecule has 1 heterocycles. The highest BCUT2D eigenvalue weighted by Gasteiger charge is 2.08. The lowest BCUT2D eigenvalue weighted by Gasteiger charge is -2.07. The number of hydrogen-bond donors (Lipinski definition) is 1. The molecule has 0 unspecified atom stereocenters. The molecule has 2 aromatic rings. The molecule has 0 radical (unpaired) electrons. The number of carbonyl (C=O) groups is 1. The Hall–Kier alpha value is -2.38. The van der Waals surface area contributed by atoms with Gasteiger partial charge in [0.2, 0.25) is 0 Å². The number of pyridine rings is 1. The second-order valence-corrected chi connectivity index (χ2v) is 3.90. The van der Waals surface area contributed by atoms with Gasteiger partial charge in [-0.1, -0.05) is 11.6 Å². The summed E-state index contributed by atoms with van der Waals surface area (Å²) in [6.45, 7) is 0. The molecule has 1 aromatic carbocycles. The number of hydrogen-bond acceptors (Lipinski definition) is 3. The minimum atomic E-state index is -0.274. The smallest absolute Gasteiger partial charge is 0.255 e. The predicted octanol–water partition coefficient (Wildman–Crippen LogP) is 2.86. The molecule has 0 saturated heterocycles. The van der Waals surface area contributed by atoms with Crippen molar-refractivity contribution in [2.45, 2.75) is 0 Å². The molecule has 0 spiro atoms. The van der Waals surface area contributed by atoms with E-state index >= 15 is 0 Å². The third kappa shape index (κ3) is 2.65. The van der Waals surface area contributed by atoms with Gasteiger partial charge in [-0.15, -0.1) is 0 Å². The Morgan fingerprint density at radius 1 is 1.28 bits per heavy atom. The third-order valence-electron chi connectivity index (χ3n) is 2.29. The van der Waals surface area contributed by atoms with E-state index in [0.29, 0.717) is 21.8 Å². The first kappa shape index (κ1) is 12.1. The molecule has 5 heteroatoms. The molecule has 0 aliphatic rings. The Labute approximate surface area is 109 Å². The summed E-state index contributed by atoms with van der Waals surface area (Å²) >= 11 is 5.96.